The quantitative estimate of drug-likeness (QED) is 0.654. The van der Waals surface area contributed by atoms with Crippen molar-refractivity contribution in [3.63, 3.8) is 0 Å². The van der Waals surface area contributed by atoms with Gasteiger partial charge in [0.1, 0.15) is 0 Å². The van der Waals surface area contributed by atoms with Crippen molar-refractivity contribution in [2.45, 2.75) is 5.75 Å². The fourth-order valence-corrected chi connectivity index (χ4v) is 3.49. The highest BCUT2D eigenvalue weighted by molar-refractivity contribution is 7.99. The van der Waals surface area contributed by atoms with Crippen LogP contribution in [0.5, 0.6) is 0 Å². The molecular formula is C21H19NO2S. The van der Waals surface area contributed by atoms with E-state index in [0.717, 1.165) is 5.75 Å². The zero-order valence-electron chi connectivity index (χ0n) is 13.8. The van der Waals surface area contributed by atoms with Gasteiger partial charge in [0.2, 0.25) is 5.91 Å². The maximum absolute atomic E-state index is 12.0. The van der Waals surface area contributed by atoms with Crippen molar-refractivity contribution in [3.05, 3.63) is 83.9 Å². The van der Waals surface area contributed by atoms with E-state index in [-0.39, 0.29) is 18.2 Å². The van der Waals surface area contributed by atoms with E-state index in [2.05, 4.69) is 29.6 Å². The highest BCUT2D eigenvalue weighted by Crippen LogP contribution is 2.22. The average Bonchev–Trinajstić information content (AvgIpc) is 2.67. The van der Waals surface area contributed by atoms with Gasteiger partial charge in [-0.2, -0.15) is 0 Å². The van der Waals surface area contributed by atoms with E-state index in [1.54, 1.807) is 23.9 Å². The van der Waals surface area contributed by atoms with Crippen LogP contribution < -0.4 is 5.32 Å². The smallest absolute Gasteiger partial charge is 0.230 e. The first kappa shape index (κ1) is 17.2. The van der Waals surface area contributed by atoms with Gasteiger partial charge in [0.15, 0.2) is 5.78 Å². The molecule has 0 aliphatic heterocycles. The standard InChI is InChI=1S/C21H19NO2S/c23-20(17-8-2-1-3-9-17)13-22-21(24)15-25-14-18-11-6-10-16-7-4-5-12-19(16)18/h1-12H,13-15H2,(H,22,24). The van der Waals surface area contributed by atoms with Crippen molar-refractivity contribution in [1.82, 2.24) is 5.32 Å². The predicted octanol–water partition coefficient (Wildman–Crippen LogP) is 4.07. The van der Waals surface area contributed by atoms with E-state index >= 15 is 0 Å². The summed E-state index contributed by atoms with van der Waals surface area (Å²) in [5.74, 6) is 0.912. The number of carbonyl (C=O) groups excluding carboxylic acids is 2. The Hall–Kier alpha value is -2.59. The third-order valence-corrected chi connectivity index (χ3v) is 4.89. The molecule has 3 aromatic rings. The van der Waals surface area contributed by atoms with E-state index in [1.165, 1.54) is 16.3 Å². The molecule has 3 nitrogen and oxygen atoms in total. The van der Waals surface area contributed by atoms with E-state index < -0.39 is 0 Å². The summed E-state index contributed by atoms with van der Waals surface area (Å²) in [5.41, 5.74) is 1.84. The van der Waals surface area contributed by atoms with Gasteiger partial charge >= 0.3 is 0 Å². The van der Waals surface area contributed by atoms with Crippen LogP contribution in [0.4, 0.5) is 0 Å². The van der Waals surface area contributed by atoms with Gasteiger partial charge in [-0.05, 0) is 16.3 Å². The fourth-order valence-electron chi connectivity index (χ4n) is 2.63. The van der Waals surface area contributed by atoms with Gasteiger partial charge in [0, 0.05) is 11.3 Å². The Balaban J connectivity index is 1.47. The molecule has 126 valence electrons. The summed E-state index contributed by atoms with van der Waals surface area (Å²) >= 11 is 1.55. The molecule has 4 heteroatoms. The molecule has 0 spiro atoms. The fraction of sp³-hybridized carbons (Fsp3) is 0.143. The molecule has 25 heavy (non-hydrogen) atoms. The lowest BCUT2D eigenvalue weighted by Crippen LogP contribution is -2.30. The molecule has 0 aliphatic rings. The third kappa shape index (κ3) is 4.70. The molecule has 3 aromatic carbocycles. The van der Waals surface area contributed by atoms with Crippen molar-refractivity contribution in [1.29, 1.82) is 0 Å². The van der Waals surface area contributed by atoms with Crippen LogP contribution in [0.2, 0.25) is 0 Å². The second-order valence-electron chi connectivity index (χ2n) is 5.70. The maximum atomic E-state index is 12.0. The Labute approximate surface area is 151 Å². The van der Waals surface area contributed by atoms with Crippen molar-refractivity contribution < 1.29 is 9.59 Å². The number of hydrogen-bond donors (Lipinski definition) is 1. The molecule has 3 rings (SSSR count). The van der Waals surface area contributed by atoms with Crippen LogP contribution in [0.25, 0.3) is 10.8 Å². The topological polar surface area (TPSA) is 46.2 Å². The number of fused-ring (bicyclic) bond motifs is 1. The minimum atomic E-state index is -0.116. The first-order valence-corrected chi connectivity index (χ1v) is 9.29. The number of nitrogens with one attached hydrogen (secondary N) is 1. The van der Waals surface area contributed by atoms with Crippen LogP contribution in [0.1, 0.15) is 15.9 Å². The maximum Gasteiger partial charge on any atom is 0.230 e. The predicted molar refractivity (Wildman–Crippen MR) is 104 cm³/mol. The summed E-state index contributed by atoms with van der Waals surface area (Å²) in [6.07, 6.45) is 0. The lowest BCUT2D eigenvalue weighted by molar-refractivity contribution is -0.118. The number of hydrogen-bond acceptors (Lipinski definition) is 3. The first-order valence-electron chi connectivity index (χ1n) is 8.13. The van der Waals surface area contributed by atoms with Gasteiger partial charge in [0.25, 0.3) is 0 Å². The normalized spacial score (nSPS) is 10.6. The van der Waals surface area contributed by atoms with E-state index in [4.69, 9.17) is 0 Å². The lowest BCUT2D eigenvalue weighted by atomic mass is 10.1. The molecule has 0 radical (unpaired) electrons. The molecule has 0 aliphatic carbocycles. The molecule has 0 unspecified atom stereocenters. The van der Waals surface area contributed by atoms with Crippen LogP contribution in [0.15, 0.2) is 72.8 Å². The summed E-state index contributed by atoms with van der Waals surface area (Å²) < 4.78 is 0. The van der Waals surface area contributed by atoms with Gasteiger partial charge < -0.3 is 5.32 Å². The number of amides is 1. The highest BCUT2D eigenvalue weighted by atomic mass is 32.2. The minimum Gasteiger partial charge on any atom is -0.348 e. The molecule has 1 N–H and O–H groups in total. The van der Waals surface area contributed by atoms with Gasteiger partial charge in [0.05, 0.1) is 12.3 Å². The van der Waals surface area contributed by atoms with Crippen LogP contribution in [0, 0.1) is 0 Å². The summed E-state index contributed by atoms with van der Waals surface area (Å²) in [4.78, 5) is 23.9. The average molecular weight is 349 g/mol. The second-order valence-corrected chi connectivity index (χ2v) is 6.68. The van der Waals surface area contributed by atoms with Crippen LogP contribution >= 0.6 is 11.8 Å². The molecule has 0 atom stereocenters. The molecule has 0 aromatic heterocycles. The first-order chi connectivity index (χ1) is 12.2. The van der Waals surface area contributed by atoms with Crippen LogP contribution in [-0.4, -0.2) is 24.0 Å². The molecule has 0 fully saturated rings. The molecule has 0 saturated carbocycles. The Kier molecular flexibility index (Phi) is 5.86. The van der Waals surface area contributed by atoms with Gasteiger partial charge in [-0.1, -0.05) is 72.8 Å². The zero-order chi connectivity index (χ0) is 17.5. The van der Waals surface area contributed by atoms with E-state index in [9.17, 15) is 9.59 Å². The Morgan fingerprint density at radius 3 is 2.40 bits per heavy atom. The van der Waals surface area contributed by atoms with E-state index in [1.807, 2.05) is 36.4 Å². The van der Waals surface area contributed by atoms with Crippen molar-refractivity contribution >= 4 is 34.2 Å². The van der Waals surface area contributed by atoms with Gasteiger partial charge in [-0.3, -0.25) is 9.59 Å². The van der Waals surface area contributed by atoms with Crippen molar-refractivity contribution in [2.24, 2.45) is 0 Å². The van der Waals surface area contributed by atoms with Crippen LogP contribution in [-0.2, 0) is 10.5 Å². The number of thioether (sulfide) groups is 1. The molecule has 0 bridgehead atoms. The number of rotatable bonds is 7. The lowest BCUT2D eigenvalue weighted by Gasteiger charge is -2.07. The number of Topliss-reactive ketones (excluding diaryl/α,β-unsaturated/α-hetero) is 1. The SMILES string of the molecule is O=C(CSCc1cccc2ccccc12)NCC(=O)c1ccccc1. The second kappa shape index (κ2) is 8.49. The van der Waals surface area contributed by atoms with Crippen molar-refractivity contribution in [3.8, 4) is 0 Å². The number of benzene rings is 3. The van der Waals surface area contributed by atoms with Crippen LogP contribution in [0.3, 0.4) is 0 Å². The Morgan fingerprint density at radius 2 is 1.56 bits per heavy atom. The third-order valence-electron chi connectivity index (χ3n) is 3.91. The molecular weight excluding hydrogens is 330 g/mol. The monoisotopic (exact) mass is 349 g/mol. The largest absolute Gasteiger partial charge is 0.348 e. The number of carbonyl (C=O) groups is 2. The highest BCUT2D eigenvalue weighted by Gasteiger charge is 2.08. The molecule has 0 heterocycles. The molecule has 0 saturated heterocycles. The number of ketones is 1. The summed E-state index contributed by atoms with van der Waals surface area (Å²) in [5, 5.41) is 5.12. The summed E-state index contributed by atoms with van der Waals surface area (Å²) in [7, 11) is 0. The zero-order valence-corrected chi connectivity index (χ0v) is 14.6. The summed E-state index contributed by atoms with van der Waals surface area (Å²) in [6.45, 7) is 0.0394. The van der Waals surface area contributed by atoms with Gasteiger partial charge in [-0.15, -0.1) is 11.8 Å². The Morgan fingerprint density at radius 1 is 0.840 bits per heavy atom. The minimum absolute atomic E-state index is 0.0394. The molecule has 1 amide bonds. The van der Waals surface area contributed by atoms with Crippen molar-refractivity contribution in [2.75, 3.05) is 12.3 Å². The van der Waals surface area contributed by atoms with Gasteiger partial charge in [-0.25, -0.2) is 0 Å². The van der Waals surface area contributed by atoms with E-state index in [0.29, 0.717) is 11.3 Å². The summed E-state index contributed by atoms with van der Waals surface area (Å²) in [6, 6.07) is 23.5. The Bertz CT molecular complexity index is 872.